The van der Waals surface area contributed by atoms with Gasteiger partial charge in [0.25, 0.3) is 0 Å². The molecule has 48 heavy (non-hydrogen) atoms. The second-order valence-electron chi connectivity index (χ2n) is 14.2. The van der Waals surface area contributed by atoms with Crippen molar-refractivity contribution in [2.45, 2.75) is 58.9 Å². The standard InChI is InChI=1S/C32H49N15O/c1-31(2,3)21-14-20(15-43(21)7)34-26(48)12-13-33-27-35-22(16-44(27)8)36-28-37-23(17-45(28)9)38-29-39-24(18-46(29)10)40-30-41-25(19-47(30)11)42-32(4,5)6/h14-19,42H,12-13H2,1-11H3,(H,33,35)(H,34,48)(H,36,37)(H,38,39)(H,40,41). The van der Waals surface area contributed by atoms with Crippen LogP contribution in [0.3, 0.4) is 0 Å². The van der Waals surface area contributed by atoms with Crippen LogP contribution in [0, 0.1) is 0 Å². The molecule has 0 aliphatic heterocycles. The molecule has 5 aromatic heterocycles. The van der Waals surface area contributed by atoms with E-state index in [-0.39, 0.29) is 16.9 Å². The summed E-state index contributed by atoms with van der Waals surface area (Å²) in [6, 6.07) is 2.02. The Morgan fingerprint density at radius 1 is 0.625 bits per heavy atom. The highest BCUT2D eigenvalue weighted by Crippen LogP contribution is 2.27. The van der Waals surface area contributed by atoms with Gasteiger partial charge in [-0.05, 0) is 26.8 Å². The molecule has 16 heteroatoms. The van der Waals surface area contributed by atoms with E-state index in [1.165, 1.54) is 0 Å². The average Bonchev–Trinajstić information content (AvgIpc) is 3.74. The second kappa shape index (κ2) is 13.0. The Balaban J connectivity index is 1.15. The van der Waals surface area contributed by atoms with Crippen LogP contribution in [-0.2, 0) is 45.4 Å². The minimum absolute atomic E-state index is 0.00691. The predicted molar refractivity (Wildman–Crippen MR) is 192 cm³/mol. The van der Waals surface area contributed by atoms with Crippen LogP contribution in [0.1, 0.15) is 53.7 Å². The molecule has 0 atom stereocenters. The number of aryl methyl sites for hydroxylation is 5. The highest BCUT2D eigenvalue weighted by atomic mass is 16.1. The Morgan fingerprint density at radius 3 is 1.52 bits per heavy atom. The van der Waals surface area contributed by atoms with Gasteiger partial charge in [-0.1, -0.05) is 20.8 Å². The summed E-state index contributed by atoms with van der Waals surface area (Å²) in [6.07, 6.45) is 9.78. The molecule has 0 aromatic carbocycles. The van der Waals surface area contributed by atoms with E-state index >= 15 is 0 Å². The summed E-state index contributed by atoms with van der Waals surface area (Å²) in [6.45, 7) is 13.2. The number of aromatic nitrogens is 9. The summed E-state index contributed by atoms with van der Waals surface area (Å²) in [5.74, 6) is 5.10. The van der Waals surface area contributed by atoms with Crippen LogP contribution in [0.4, 0.5) is 52.8 Å². The maximum absolute atomic E-state index is 12.6. The first kappa shape index (κ1) is 33.9. The van der Waals surface area contributed by atoms with E-state index < -0.39 is 0 Å². The largest absolute Gasteiger partial charge is 0.364 e. The van der Waals surface area contributed by atoms with Gasteiger partial charge in [-0.15, -0.1) is 0 Å². The summed E-state index contributed by atoms with van der Waals surface area (Å²) in [5, 5.41) is 19.5. The molecular weight excluding hydrogens is 610 g/mol. The van der Waals surface area contributed by atoms with E-state index in [0.29, 0.717) is 54.2 Å². The van der Waals surface area contributed by atoms with Crippen LogP contribution >= 0.6 is 0 Å². The van der Waals surface area contributed by atoms with Gasteiger partial charge in [-0.25, -0.2) is 0 Å². The Bertz CT molecular complexity index is 1890. The molecule has 0 bridgehead atoms. The summed E-state index contributed by atoms with van der Waals surface area (Å²) in [5.41, 5.74) is 1.85. The van der Waals surface area contributed by atoms with Crippen molar-refractivity contribution in [1.29, 1.82) is 0 Å². The first-order chi connectivity index (χ1) is 22.4. The third-order valence-electron chi connectivity index (χ3n) is 7.42. The van der Waals surface area contributed by atoms with Crippen LogP contribution in [0.25, 0.3) is 0 Å². The highest BCUT2D eigenvalue weighted by Gasteiger charge is 2.19. The number of nitrogens with one attached hydrogen (secondary N) is 6. The number of imidazole rings is 4. The van der Waals surface area contributed by atoms with Gasteiger partial charge in [0, 0.05) is 95.8 Å². The maximum atomic E-state index is 12.6. The molecule has 0 aliphatic carbocycles. The Hall–Kier alpha value is -5.41. The van der Waals surface area contributed by atoms with Gasteiger partial charge in [0.2, 0.25) is 29.7 Å². The van der Waals surface area contributed by atoms with Gasteiger partial charge in [0.15, 0.2) is 17.5 Å². The lowest BCUT2D eigenvalue weighted by Gasteiger charge is -2.19. The number of nitrogens with zero attached hydrogens (tertiary/aromatic N) is 9. The fraction of sp³-hybridized carbons (Fsp3) is 0.469. The SMILES string of the molecule is Cn1cc(NC(=O)CCNc2nc(Nc3nc(Nc4nc(Nc5nc(NC(C)(C)C)cn5C)cn4C)cn3C)cn2C)cc1C(C)(C)C. The van der Waals surface area contributed by atoms with E-state index in [2.05, 4.69) is 93.0 Å². The molecule has 0 unspecified atom stereocenters. The van der Waals surface area contributed by atoms with Crippen LogP contribution in [0.2, 0.25) is 0 Å². The Kier molecular flexibility index (Phi) is 9.19. The number of carbonyl (C=O) groups is 1. The molecule has 5 rings (SSSR count). The van der Waals surface area contributed by atoms with E-state index in [1.807, 2.05) is 90.6 Å². The van der Waals surface area contributed by atoms with Crippen molar-refractivity contribution >= 4 is 58.7 Å². The van der Waals surface area contributed by atoms with Gasteiger partial charge < -0.3 is 54.7 Å². The maximum Gasteiger partial charge on any atom is 0.226 e. The molecule has 1 amide bonds. The number of rotatable bonds is 12. The summed E-state index contributed by atoms with van der Waals surface area (Å²) >= 11 is 0. The van der Waals surface area contributed by atoms with Crippen LogP contribution in [-0.4, -0.2) is 60.8 Å². The van der Waals surface area contributed by atoms with Crippen molar-refractivity contribution in [3.8, 4) is 0 Å². The van der Waals surface area contributed by atoms with E-state index in [9.17, 15) is 4.79 Å². The average molecular weight is 660 g/mol. The number of hydrogen-bond donors (Lipinski definition) is 6. The molecule has 5 aromatic rings. The smallest absolute Gasteiger partial charge is 0.226 e. The van der Waals surface area contributed by atoms with Crippen molar-refractivity contribution in [2.75, 3.05) is 38.4 Å². The van der Waals surface area contributed by atoms with Crippen LogP contribution in [0.5, 0.6) is 0 Å². The first-order valence-corrected chi connectivity index (χ1v) is 15.9. The molecule has 6 N–H and O–H groups in total. The zero-order chi connectivity index (χ0) is 35.0. The van der Waals surface area contributed by atoms with Crippen molar-refractivity contribution < 1.29 is 4.79 Å². The van der Waals surface area contributed by atoms with Crippen LogP contribution < -0.4 is 31.9 Å². The minimum atomic E-state index is -0.0977. The van der Waals surface area contributed by atoms with E-state index in [0.717, 1.165) is 17.2 Å². The summed E-state index contributed by atoms with van der Waals surface area (Å²) in [4.78, 5) is 31.3. The molecular formula is C32H49N15O. The molecule has 5 heterocycles. The number of carbonyl (C=O) groups excluding carboxylic acids is 1. The first-order valence-electron chi connectivity index (χ1n) is 15.9. The number of hydrogen-bond acceptors (Lipinski definition) is 10. The predicted octanol–water partition coefficient (Wildman–Crippen LogP) is 5.14. The lowest BCUT2D eigenvalue weighted by molar-refractivity contribution is -0.115. The van der Waals surface area contributed by atoms with Gasteiger partial charge in [0.05, 0.1) is 5.69 Å². The highest BCUT2D eigenvalue weighted by molar-refractivity contribution is 5.91. The number of amides is 1. The molecule has 0 fully saturated rings. The quantitative estimate of drug-likeness (QED) is 0.106. The third-order valence-corrected chi connectivity index (χ3v) is 7.42. The van der Waals surface area contributed by atoms with Crippen molar-refractivity contribution in [3.63, 3.8) is 0 Å². The van der Waals surface area contributed by atoms with Crippen molar-refractivity contribution in [3.05, 3.63) is 42.7 Å². The normalized spacial score (nSPS) is 11.9. The third kappa shape index (κ3) is 8.29. The minimum Gasteiger partial charge on any atom is -0.364 e. The van der Waals surface area contributed by atoms with Gasteiger partial charge in [-0.2, -0.15) is 19.9 Å². The van der Waals surface area contributed by atoms with Crippen LogP contribution in [0.15, 0.2) is 37.1 Å². The summed E-state index contributed by atoms with van der Waals surface area (Å²) < 4.78 is 9.57. The molecule has 0 radical (unpaired) electrons. The molecule has 0 aliphatic rings. The molecule has 0 spiro atoms. The van der Waals surface area contributed by atoms with Crippen molar-refractivity contribution in [2.24, 2.45) is 35.2 Å². The monoisotopic (exact) mass is 659 g/mol. The molecule has 258 valence electrons. The van der Waals surface area contributed by atoms with Gasteiger partial charge in [-0.3, -0.25) is 4.79 Å². The fourth-order valence-corrected chi connectivity index (χ4v) is 5.24. The van der Waals surface area contributed by atoms with Gasteiger partial charge in [0.1, 0.15) is 5.82 Å². The molecule has 0 saturated carbocycles. The van der Waals surface area contributed by atoms with E-state index in [4.69, 9.17) is 4.98 Å². The zero-order valence-corrected chi connectivity index (χ0v) is 29.8. The zero-order valence-electron chi connectivity index (χ0n) is 29.8. The van der Waals surface area contributed by atoms with E-state index in [1.54, 1.807) is 0 Å². The second-order valence-corrected chi connectivity index (χ2v) is 14.2. The lowest BCUT2D eigenvalue weighted by Crippen LogP contribution is -2.26. The topological polar surface area (TPSA) is 165 Å². The molecule has 16 nitrogen and oxygen atoms in total. The summed E-state index contributed by atoms with van der Waals surface area (Å²) in [7, 11) is 9.62. The Morgan fingerprint density at radius 2 is 1.06 bits per heavy atom. The Labute approximate surface area is 281 Å². The molecule has 0 saturated heterocycles. The van der Waals surface area contributed by atoms with Gasteiger partial charge >= 0.3 is 0 Å². The fourth-order valence-electron chi connectivity index (χ4n) is 5.24. The lowest BCUT2D eigenvalue weighted by atomic mass is 9.92. The van der Waals surface area contributed by atoms with Crippen molar-refractivity contribution in [1.82, 2.24) is 42.8 Å². The number of anilines is 9.